The van der Waals surface area contributed by atoms with Crippen LogP contribution in [0.3, 0.4) is 0 Å². The lowest BCUT2D eigenvalue weighted by atomic mass is 10.2. The summed E-state index contributed by atoms with van der Waals surface area (Å²) in [7, 11) is 0. The van der Waals surface area contributed by atoms with Gasteiger partial charge in [-0.15, -0.1) is 11.3 Å². The van der Waals surface area contributed by atoms with Crippen LogP contribution in [-0.4, -0.2) is 53.6 Å². The molecule has 0 atom stereocenters. The number of thiophene rings is 1. The minimum atomic E-state index is 0.0446. The Kier molecular flexibility index (Phi) is 4.95. The van der Waals surface area contributed by atoms with Gasteiger partial charge in [0.15, 0.2) is 0 Å². The van der Waals surface area contributed by atoms with Gasteiger partial charge in [0, 0.05) is 37.6 Å². The molecule has 6 nitrogen and oxygen atoms in total. The first-order chi connectivity index (χ1) is 11.2. The quantitative estimate of drug-likeness (QED) is 0.934. The second-order valence-corrected chi connectivity index (χ2v) is 6.80. The van der Waals surface area contributed by atoms with Gasteiger partial charge in [0.1, 0.15) is 17.0 Å². The predicted octanol–water partition coefficient (Wildman–Crippen LogP) is 2.50. The number of rotatable bonds is 4. The van der Waals surface area contributed by atoms with Crippen LogP contribution in [0.5, 0.6) is 0 Å². The van der Waals surface area contributed by atoms with Crippen molar-refractivity contribution in [3.05, 3.63) is 17.3 Å². The van der Waals surface area contributed by atoms with Gasteiger partial charge >= 0.3 is 6.03 Å². The largest absolute Gasteiger partial charge is 0.352 e. The Bertz CT molecular complexity index is 678. The molecule has 7 heteroatoms. The normalized spacial score (nSPS) is 15.2. The number of nitrogens with zero attached hydrogens (tertiary/aromatic N) is 4. The lowest BCUT2D eigenvalue weighted by Crippen LogP contribution is -2.52. The third-order valence-corrected chi connectivity index (χ3v) is 5.29. The Morgan fingerprint density at radius 3 is 2.74 bits per heavy atom. The molecule has 0 radical (unpaired) electrons. The molecule has 0 saturated carbocycles. The summed E-state index contributed by atoms with van der Waals surface area (Å²) in [5, 5.41) is 4.08. The Balaban J connectivity index is 1.70. The van der Waals surface area contributed by atoms with Gasteiger partial charge in [-0.25, -0.2) is 14.8 Å². The zero-order chi connectivity index (χ0) is 16.2. The predicted molar refractivity (Wildman–Crippen MR) is 94.3 cm³/mol. The summed E-state index contributed by atoms with van der Waals surface area (Å²) in [6.07, 6.45) is 3.63. The fraction of sp³-hybridized carbons (Fsp3) is 0.562. The summed E-state index contributed by atoms with van der Waals surface area (Å²) < 4.78 is 0. The van der Waals surface area contributed by atoms with Crippen molar-refractivity contribution in [2.45, 2.75) is 26.7 Å². The summed E-state index contributed by atoms with van der Waals surface area (Å²) >= 11 is 1.74. The van der Waals surface area contributed by atoms with Gasteiger partial charge in [-0.1, -0.05) is 13.8 Å². The van der Waals surface area contributed by atoms with Gasteiger partial charge in [-0.05, 0) is 18.9 Å². The molecule has 1 fully saturated rings. The van der Waals surface area contributed by atoms with E-state index in [1.54, 1.807) is 17.7 Å². The molecule has 3 rings (SSSR count). The van der Waals surface area contributed by atoms with Crippen LogP contribution < -0.4 is 10.2 Å². The molecule has 0 aromatic carbocycles. The molecule has 0 aliphatic carbocycles. The zero-order valence-electron chi connectivity index (χ0n) is 13.7. The van der Waals surface area contributed by atoms with Crippen LogP contribution in [0.2, 0.25) is 0 Å². The van der Waals surface area contributed by atoms with Crippen molar-refractivity contribution in [2.24, 2.45) is 0 Å². The summed E-state index contributed by atoms with van der Waals surface area (Å²) in [5.41, 5.74) is 0. The van der Waals surface area contributed by atoms with Gasteiger partial charge in [0.05, 0.1) is 5.39 Å². The van der Waals surface area contributed by atoms with Crippen molar-refractivity contribution in [3.8, 4) is 0 Å². The Hall–Kier alpha value is -1.89. The highest BCUT2D eigenvalue weighted by Crippen LogP contribution is 2.30. The van der Waals surface area contributed by atoms with Crippen LogP contribution in [0.4, 0.5) is 10.6 Å². The molecule has 1 aliphatic rings. The van der Waals surface area contributed by atoms with Gasteiger partial charge in [0.2, 0.25) is 0 Å². The van der Waals surface area contributed by atoms with Crippen LogP contribution in [0.25, 0.3) is 10.2 Å². The molecule has 0 bridgehead atoms. The molecule has 1 N–H and O–H groups in total. The highest BCUT2D eigenvalue weighted by atomic mass is 32.1. The van der Waals surface area contributed by atoms with E-state index in [1.165, 1.54) is 4.88 Å². The van der Waals surface area contributed by atoms with E-state index in [0.29, 0.717) is 0 Å². The molecule has 1 saturated heterocycles. The molecular weight excluding hydrogens is 310 g/mol. The van der Waals surface area contributed by atoms with Crippen LogP contribution >= 0.6 is 11.3 Å². The van der Waals surface area contributed by atoms with Gasteiger partial charge in [0.25, 0.3) is 0 Å². The second kappa shape index (κ2) is 7.12. The number of aromatic nitrogens is 2. The van der Waals surface area contributed by atoms with Crippen LogP contribution in [0, 0.1) is 0 Å². The highest BCUT2D eigenvalue weighted by Gasteiger charge is 2.23. The first-order valence-electron chi connectivity index (χ1n) is 8.24. The average molecular weight is 333 g/mol. The SMILES string of the molecule is CCCNC(=O)N1CCN(c2ncnc3sc(CC)cc23)CC1. The number of aryl methyl sites for hydroxylation is 1. The maximum atomic E-state index is 12.0. The third-order valence-electron chi connectivity index (χ3n) is 4.10. The van der Waals surface area contributed by atoms with Crippen molar-refractivity contribution in [3.63, 3.8) is 0 Å². The van der Waals surface area contributed by atoms with Crippen molar-refractivity contribution in [1.29, 1.82) is 0 Å². The third kappa shape index (κ3) is 3.39. The van der Waals surface area contributed by atoms with Crippen molar-refractivity contribution in [1.82, 2.24) is 20.2 Å². The van der Waals surface area contributed by atoms with E-state index in [4.69, 9.17) is 0 Å². The number of hydrogen-bond donors (Lipinski definition) is 1. The monoisotopic (exact) mass is 333 g/mol. The van der Waals surface area contributed by atoms with E-state index in [0.717, 1.165) is 61.6 Å². The molecule has 23 heavy (non-hydrogen) atoms. The maximum Gasteiger partial charge on any atom is 0.317 e. The van der Waals surface area contributed by atoms with E-state index >= 15 is 0 Å². The first kappa shape index (κ1) is 16.0. The molecule has 3 heterocycles. The van der Waals surface area contributed by atoms with E-state index in [1.807, 2.05) is 4.90 Å². The number of fused-ring (bicyclic) bond motifs is 1. The number of anilines is 1. The molecule has 0 unspecified atom stereocenters. The lowest BCUT2D eigenvalue weighted by molar-refractivity contribution is 0.194. The zero-order valence-corrected chi connectivity index (χ0v) is 14.5. The Morgan fingerprint density at radius 2 is 2.04 bits per heavy atom. The molecule has 2 aromatic heterocycles. The number of nitrogens with one attached hydrogen (secondary N) is 1. The number of piperazine rings is 1. The minimum absolute atomic E-state index is 0.0446. The maximum absolute atomic E-state index is 12.0. The van der Waals surface area contributed by atoms with Crippen molar-refractivity contribution in [2.75, 3.05) is 37.6 Å². The molecule has 2 aromatic rings. The molecule has 2 amide bonds. The van der Waals surface area contributed by atoms with Gasteiger partial charge < -0.3 is 15.1 Å². The first-order valence-corrected chi connectivity index (χ1v) is 9.05. The van der Waals surface area contributed by atoms with E-state index in [-0.39, 0.29) is 6.03 Å². The molecular formula is C16H23N5OS. The molecule has 0 spiro atoms. The minimum Gasteiger partial charge on any atom is -0.352 e. The number of urea groups is 1. The second-order valence-electron chi connectivity index (χ2n) is 5.69. The standard InChI is InChI=1S/C16H23N5OS/c1-3-5-17-16(22)21-8-6-20(7-9-21)14-13-10-12(4-2)23-15(13)19-11-18-14/h10-11H,3-9H2,1-2H3,(H,17,22). The number of carbonyl (C=O) groups excluding carboxylic acids is 1. The summed E-state index contributed by atoms with van der Waals surface area (Å²) in [6, 6.07) is 2.25. The fourth-order valence-corrected chi connectivity index (χ4v) is 3.71. The summed E-state index contributed by atoms with van der Waals surface area (Å²) in [6.45, 7) is 8.03. The van der Waals surface area contributed by atoms with E-state index in [2.05, 4.69) is 40.1 Å². The smallest absolute Gasteiger partial charge is 0.317 e. The molecule has 1 aliphatic heterocycles. The molecule has 124 valence electrons. The van der Waals surface area contributed by atoms with Crippen molar-refractivity contribution >= 4 is 33.4 Å². The average Bonchev–Trinajstić information content (AvgIpc) is 3.03. The lowest BCUT2D eigenvalue weighted by Gasteiger charge is -2.35. The number of carbonyl (C=O) groups is 1. The van der Waals surface area contributed by atoms with Crippen LogP contribution in [0.15, 0.2) is 12.4 Å². The highest BCUT2D eigenvalue weighted by molar-refractivity contribution is 7.18. The van der Waals surface area contributed by atoms with E-state index in [9.17, 15) is 4.79 Å². The van der Waals surface area contributed by atoms with Gasteiger partial charge in [-0.3, -0.25) is 0 Å². The van der Waals surface area contributed by atoms with Crippen molar-refractivity contribution < 1.29 is 4.79 Å². The summed E-state index contributed by atoms with van der Waals surface area (Å²) in [4.78, 5) is 27.4. The fourth-order valence-electron chi connectivity index (χ4n) is 2.78. The summed E-state index contributed by atoms with van der Waals surface area (Å²) in [5.74, 6) is 1.000. The topological polar surface area (TPSA) is 61.4 Å². The Morgan fingerprint density at radius 1 is 1.26 bits per heavy atom. The number of hydrogen-bond acceptors (Lipinski definition) is 5. The van der Waals surface area contributed by atoms with Crippen LogP contribution in [-0.2, 0) is 6.42 Å². The Labute approximate surface area is 140 Å². The van der Waals surface area contributed by atoms with E-state index < -0.39 is 0 Å². The van der Waals surface area contributed by atoms with Crippen LogP contribution in [0.1, 0.15) is 25.1 Å². The van der Waals surface area contributed by atoms with Gasteiger partial charge in [-0.2, -0.15) is 0 Å². The number of amides is 2.